The average molecular weight is 421 g/mol. The Balaban J connectivity index is 1.80. The van der Waals surface area contributed by atoms with Gasteiger partial charge >= 0.3 is 5.97 Å². The van der Waals surface area contributed by atoms with Crippen LogP contribution in [0, 0.1) is 0 Å². The van der Waals surface area contributed by atoms with Crippen LogP contribution in [0.2, 0.25) is 0 Å². The summed E-state index contributed by atoms with van der Waals surface area (Å²) >= 11 is 0. The van der Waals surface area contributed by atoms with Crippen LogP contribution in [-0.4, -0.2) is 32.3 Å². The van der Waals surface area contributed by atoms with Crippen molar-refractivity contribution in [3.63, 3.8) is 0 Å². The Morgan fingerprint density at radius 3 is 2.48 bits per heavy atom. The van der Waals surface area contributed by atoms with Crippen LogP contribution in [0.3, 0.4) is 0 Å². The Morgan fingerprint density at radius 1 is 1.00 bits per heavy atom. The molecule has 6 heteroatoms. The van der Waals surface area contributed by atoms with Gasteiger partial charge in [-0.05, 0) is 37.5 Å². The molecule has 0 unspecified atom stereocenters. The number of rotatable bonds is 11. The summed E-state index contributed by atoms with van der Waals surface area (Å²) in [5.41, 5.74) is 3.12. The molecule has 164 valence electrons. The minimum absolute atomic E-state index is 0.327. The Kier molecular flexibility index (Phi) is 8.33. The van der Waals surface area contributed by atoms with Gasteiger partial charge in [0.25, 0.3) is 0 Å². The first-order chi connectivity index (χ1) is 15.2. The van der Waals surface area contributed by atoms with E-state index in [0.717, 1.165) is 67.0 Å². The largest absolute Gasteiger partial charge is 0.462 e. The molecule has 0 radical (unpaired) electrons. The minimum Gasteiger partial charge on any atom is -0.462 e. The molecular formula is C25H32N4O2. The van der Waals surface area contributed by atoms with Gasteiger partial charge in [0.15, 0.2) is 5.82 Å². The molecule has 0 bridgehead atoms. The van der Waals surface area contributed by atoms with Gasteiger partial charge in [-0.25, -0.2) is 14.5 Å². The number of esters is 1. The highest BCUT2D eigenvalue weighted by Crippen LogP contribution is 2.23. The molecule has 0 aliphatic heterocycles. The third kappa shape index (κ3) is 6.00. The molecule has 3 aromatic rings. The monoisotopic (exact) mass is 420 g/mol. The van der Waals surface area contributed by atoms with Crippen LogP contribution in [0.5, 0.6) is 0 Å². The molecule has 3 rings (SSSR count). The van der Waals surface area contributed by atoms with E-state index in [2.05, 4.69) is 18.8 Å². The molecule has 6 nitrogen and oxygen atoms in total. The number of aryl methyl sites for hydroxylation is 2. The normalized spacial score (nSPS) is 10.9. The third-order valence-electron chi connectivity index (χ3n) is 5.16. The van der Waals surface area contributed by atoms with Crippen LogP contribution < -0.4 is 0 Å². The molecule has 0 fully saturated rings. The predicted octanol–water partition coefficient (Wildman–Crippen LogP) is 5.25. The SMILES string of the molecule is CCCCc1nc(CCCC)n(Cc2ccc(-c3ccccc3C(=O)OCC)nc2)n1. The van der Waals surface area contributed by atoms with E-state index in [4.69, 9.17) is 14.8 Å². The molecule has 0 aliphatic carbocycles. The van der Waals surface area contributed by atoms with E-state index in [9.17, 15) is 4.79 Å². The van der Waals surface area contributed by atoms with Crippen molar-refractivity contribution in [2.45, 2.75) is 65.8 Å². The molecule has 0 atom stereocenters. The van der Waals surface area contributed by atoms with Crippen molar-refractivity contribution < 1.29 is 9.53 Å². The molecule has 0 aliphatic rings. The lowest BCUT2D eigenvalue weighted by Crippen LogP contribution is -2.08. The standard InChI is InChI=1S/C25H32N4O2/c1-4-7-13-23-27-24(14-8-5-2)29(28-23)18-19-15-16-22(26-17-19)20-11-9-10-12-21(20)25(30)31-6-3/h9-12,15-17H,4-8,13-14,18H2,1-3H3. The zero-order valence-electron chi connectivity index (χ0n) is 18.8. The summed E-state index contributed by atoms with van der Waals surface area (Å²) in [6, 6.07) is 11.4. The second-order valence-corrected chi connectivity index (χ2v) is 7.63. The van der Waals surface area contributed by atoms with Crippen LogP contribution in [0.1, 0.15) is 74.0 Å². The number of ether oxygens (including phenoxy) is 1. The Hall–Kier alpha value is -3.02. The van der Waals surface area contributed by atoms with Gasteiger partial charge in [0, 0.05) is 24.6 Å². The van der Waals surface area contributed by atoms with E-state index in [1.54, 1.807) is 13.0 Å². The molecule has 0 saturated heterocycles. The van der Waals surface area contributed by atoms with Crippen LogP contribution >= 0.6 is 0 Å². The highest BCUT2D eigenvalue weighted by Gasteiger charge is 2.15. The van der Waals surface area contributed by atoms with Gasteiger partial charge < -0.3 is 4.74 Å². The first-order valence-electron chi connectivity index (χ1n) is 11.3. The van der Waals surface area contributed by atoms with Crippen LogP contribution in [-0.2, 0) is 24.1 Å². The maximum absolute atomic E-state index is 12.3. The lowest BCUT2D eigenvalue weighted by atomic mass is 10.0. The van der Waals surface area contributed by atoms with Crippen molar-refractivity contribution in [1.29, 1.82) is 0 Å². The van der Waals surface area contributed by atoms with E-state index in [0.29, 0.717) is 18.7 Å². The number of pyridine rings is 1. The van der Waals surface area contributed by atoms with Crippen molar-refractivity contribution in [2.24, 2.45) is 0 Å². The summed E-state index contributed by atoms with van der Waals surface area (Å²) in [6.07, 6.45) is 8.19. The van der Waals surface area contributed by atoms with Gasteiger partial charge in [-0.15, -0.1) is 0 Å². The Bertz CT molecular complexity index is 979. The Morgan fingerprint density at radius 2 is 1.77 bits per heavy atom. The summed E-state index contributed by atoms with van der Waals surface area (Å²) in [4.78, 5) is 21.7. The lowest BCUT2D eigenvalue weighted by molar-refractivity contribution is 0.0527. The number of hydrogen-bond donors (Lipinski definition) is 0. The third-order valence-corrected chi connectivity index (χ3v) is 5.16. The highest BCUT2D eigenvalue weighted by atomic mass is 16.5. The van der Waals surface area contributed by atoms with Crippen LogP contribution in [0.4, 0.5) is 0 Å². The summed E-state index contributed by atoms with van der Waals surface area (Å²) in [5, 5.41) is 4.75. The van der Waals surface area contributed by atoms with E-state index in [1.807, 2.05) is 41.2 Å². The van der Waals surface area contributed by atoms with E-state index in [1.165, 1.54) is 0 Å². The highest BCUT2D eigenvalue weighted by molar-refractivity contribution is 5.96. The smallest absolute Gasteiger partial charge is 0.338 e. The number of hydrogen-bond acceptors (Lipinski definition) is 5. The maximum atomic E-state index is 12.3. The molecular weight excluding hydrogens is 388 g/mol. The molecule has 2 aromatic heterocycles. The average Bonchev–Trinajstić information content (AvgIpc) is 3.18. The fourth-order valence-electron chi connectivity index (χ4n) is 3.46. The van der Waals surface area contributed by atoms with Gasteiger partial charge in [0.05, 0.1) is 24.4 Å². The van der Waals surface area contributed by atoms with E-state index >= 15 is 0 Å². The van der Waals surface area contributed by atoms with Crippen molar-refractivity contribution in [2.75, 3.05) is 6.61 Å². The molecule has 31 heavy (non-hydrogen) atoms. The van der Waals surface area contributed by atoms with E-state index in [-0.39, 0.29) is 5.97 Å². The number of unbranched alkanes of at least 4 members (excludes halogenated alkanes) is 2. The molecule has 2 heterocycles. The second-order valence-electron chi connectivity index (χ2n) is 7.63. The fraction of sp³-hybridized carbons (Fsp3) is 0.440. The number of nitrogens with zero attached hydrogens (tertiary/aromatic N) is 4. The molecule has 0 amide bonds. The first kappa shape index (κ1) is 22.7. The number of aromatic nitrogens is 4. The van der Waals surface area contributed by atoms with E-state index < -0.39 is 0 Å². The second kappa shape index (κ2) is 11.4. The fourth-order valence-corrected chi connectivity index (χ4v) is 3.46. The summed E-state index contributed by atoms with van der Waals surface area (Å²) in [6.45, 7) is 7.17. The molecule has 0 N–H and O–H groups in total. The van der Waals surface area contributed by atoms with Gasteiger partial charge in [0.2, 0.25) is 0 Å². The van der Waals surface area contributed by atoms with Crippen molar-refractivity contribution in [3.05, 3.63) is 65.4 Å². The molecule has 1 aromatic carbocycles. The minimum atomic E-state index is -0.327. The lowest BCUT2D eigenvalue weighted by Gasteiger charge is -2.10. The zero-order chi connectivity index (χ0) is 22.1. The topological polar surface area (TPSA) is 69.9 Å². The van der Waals surface area contributed by atoms with Gasteiger partial charge in [-0.3, -0.25) is 4.98 Å². The Labute approximate surface area is 184 Å². The number of carbonyl (C=O) groups excluding carboxylic acids is 1. The zero-order valence-corrected chi connectivity index (χ0v) is 18.8. The van der Waals surface area contributed by atoms with Crippen molar-refractivity contribution in [3.8, 4) is 11.3 Å². The maximum Gasteiger partial charge on any atom is 0.338 e. The van der Waals surface area contributed by atoms with Crippen LogP contribution in [0.15, 0.2) is 42.6 Å². The van der Waals surface area contributed by atoms with Gasteiger partial charge in [-0.2, -0.15) is 5.10 Å². The van der Waals surface area contributed by atoms with Gasteiger partial charge in [0.1, 0.15) is 5.82 Å². The summed E-state index contributed by atoms with van der Waals surface area (Å²) in [7, 11) is 0. The quantitative estimate of drug-likeness (QED) is 0.396. The predicted molar refractivity (Wildman–Crippen MR) is 122 cm³/mol. The van der Waals surface area contributed by atoms with Gasteiger partial charge in [-0.1, -0.05) is 51.0 Å². The summed E-state index contributed by atoms with van der Waals surface area (Å²) < 4.78 is 7.20. The van der Waals surface area contributed by atoms with Crippen molar-refractivity contribution >= 4 is 5.97 Å². The number of carbonyl (C=O) groups is 1. The molecule has 0 spiro atoms. The molecule has 0 saturated carbocycles. The number of benzene rings is 1. The first-order valence-corrected chi connectivity index (χ1v) is 11.3. The summed E-state index contributed by atoms with van der Waals surface area (Å²) in [5.74, 6) is 1.65. The van der Waals surface area contributed by atoms with Crippen LogP contribution in [0.25, 0.3) is 11.3 Å². The van der Waals surface area contributed by atoms with Crippen molar-refractivity contribution in [1.82, 2.24) is 19.7 Å².